The molecule has 0 aliphatic carbocycles. The lowest BCUT2D eigenvalue weighted by molar-refractivity contribution is 0.0951. The largest absolute Gasteiger partial charge is 0.351 e. The second-order valence-corrected chi connectivity index (χ2v) is 5.65. The van der Waals surface area contributed by atoms with Crippen molar-refractivity contribution in [2.45, 2.75) is 24.5 Å². The summed E-state index contributed by atoms with van der Waals surface area (Å²) < 4.78 is 5.09. The number of carbonyl (C=O) groups is 1. The summed E-state index contributed by atoms with van der Waals surface area (Å²) in [6, 6.07) is 7.52. The Kier molecular flexibility index (Phi) is 8.68. The normalized spacial score (nSPS) is 10.2. The van der Waals surface area contributed by atoms with E-state index in [1.165, 1.54) is 11.8 Å². The zero-order chi connectivity index (χ0) is 15.8. The van der Waals surface area contributed by atoms with Gasteiger partial charge in [0.25, 0.3) is 5.91 Å². The van der Waals surface area contributed by atoms with Crippen LogP contribution < -0.4 is 10.6 Å². The van der Waals surface area contributed by atoms with Crippen LogP contribution in [0.25, 0.3) is 0 Å². The Morgan fingerprint density at radius 1 is 1.30 bits per heavy atom. The number of likely N-dealkylation sites (N-methyl/N-ethyl adjacent to an activating group) is 1. The topological polar surface area (TPSA) is 80.0 Å². The molecule has 0 bridgehead atoms. The van der Waals surface area contributed by atoms with Gasteiger partial charge >= 0.3 is 0 Å². The maximum Gasteiger partial charge on any atom is 0.252 e. The molecule has 6 nitrogen and oxygen atoms in total. The third-order valence-electron chi connectivity index (χ3n) is 2.89. The number of hydrogen-bond acceptors (Lipinski definition) is 6. The van der Waals surface area contributed by atoms with E-state index in [0.717, 1.165) is 18.0 Å². The van der Waals surface area contributed by atoms with Crippen LogP contribution in [0.1, 0.15) is 29.0 Å². The molecule has 0 saturated heterocycles. The van der Waals surface area contributed by atoms with Crippen molar-refractivity contribution in [3.8, 4) is 0 Å². The van der Waals surface area contributed by atoms with E-state index in [4.69, 9.17) is 4.52 Å². The average molecular weight is 357 g/mol. The minimum atomic E-state index is -0.0669. The van der Waals surface area contributed by atoms with Crippen molar-refractivity contribution >= 4 is 30.1 Å². The Labute approximate surface area is 146 Å². The van der Waals surface area contributed by atoms with Crippen LogP contribution in [0.3, 0.4) is 0 Å². The molecule has 8 heteroatoms. The molecule has 0 spiro atoms. The molecule has 1 aromatic heterocycles. The Balaban J connectivity index is 0.00000264. The van der Waals surface area contributed by atoms with E-state index in [-0.39, 0.29) is 18.3 Å². The summed E-state index contributed by atoms with van der Waals surface area (Å²) in [5.74, 6) is 1.65. The second-order valence-electron chi connectivity index (χ2n) is 4.63. The van der Waals surface area contributed by atoms with Gasteiger partial charge in [0.2, 0.25) is 5.89 Å². The first-order chi connectivity index (χ1) is 10.7. The lowest BCUT2D eigenvalue weighted by atomic mass is 10.2. The second kappa shape index (κ2) is 10.3. The van der Waals surface area contributed by atoms with Crippen molar-refractivity contribution in [1.82, 2.24) is 20.8 Å². The molecule has 0 aliphatic rings. The number of carbonyl (C=O) groups excluding carboxylic acids is 1. The summed E-state index contributed by atoms with van der Waals surface area (Å²) in [6.07, 6.45) is 0. The molecule has 0 aliphatic heterocycles. The van der Waals surface area contributed by atoms with Gasteiger partial charge in [-0.25, -0.2) is 0 Å². The minimum Gasteiger partial charge on any atom is -0.351 e. The van der Waals surface area contributed by atoms with Crippen molar-refractivity contribution < 1.29 is 9.32 Å². The molecule has 2 rings (SSSR count). The molecule has 1 amide bonds. The van der Waals surface area contributed by atoms with Crippen molar-refractivity contribution in [2.75, 3.05) is 19.6 Å². The third-order valence-corrected chi connectivity index (χ3v) is 3.95. The van der Waals surface area contributed by atoms with Gasteiger partial charge in [-0.3, -0.25) is 4.79 Å². The first kappa shape index (κ1) is 19.5. The van der Waals surface area contributed by atoms with E-state index in [0.29, 0.717) is 29.6 Å². The van der Waals surface area contributed by atoms with E-state index >= 15 is 0 Å². The molecule has 0 unspecified atom stereocenters. The highest BCUT2D eigenvalue weighted by Gasteiger charge is 2.12. The highest BCUT2D eigenvalue weighted by Crippen LogP contribution is 2.25. The Hall–Kier alpha value is -1.57. The van der Waals surface area contributed by atoms with Gasteiger partial charge in [0.15, 0.2) is 5.82 Å². The van der Waals surface area contributed by atoms with E-state index < -0.39 is 0 Å². The van der Waals surface area contributed by atoms with Crippen LogP contribution in [-0.2, 0) is 5.75 Å². The van der Waals surface area contributed by atoms with Crippen LogP contribution in [0.15, 0.2) is 33.7 Å². The number of hydrogen-bond donors (Lipinski definition) is 2. The van der Waals surface area contributed by atoms with Crippen molar-refractivity contribution in [3.63, 3.8) is 0 Å². The molecule has 2 aromatic rings. The zero-order valence-corrected chi connectivity index (χ0v) is 14.8. The minimum absolute atomic E-state index is 0. The fraction of sp³-hybridized carbons (Fsp3) is 0.400. The smallest absolute Gasteiger partial charge is 0.252 e. The summed E-state index contributed by atoms with van der Waals surface area (Å²) in [4.78, 5) is 17.3. The first-order valence-corrected chi connectivity index (χ1v) is 8.19. The molecule has 2 N–H and O–H groups in total. The number of nitrogens with one attached hydrogen (secondary N) is 2. The summed E-state index contributed by atoms with van der Waals surface area (Å²) in [5, 5.41) is 9.84. The number of rotatable bonds is 8. The molecular weight excluding hydrogens is 336 g/mol. The summed E-state index contributed by atoms with van der Waals surface area (Å²) in [6.45, 7) is 6.08. The molecule has 0 radical (unpaired) electrons. The highest BCUT2D eigenvalue weighted by atomic mass is 35.5. The van der Waals surface area contributed by atoms with Gasteiger partial charge in [-0.1, -0.05) is 24.2 Å². The van der Waals surface area contributed by atoms with E-state index in [1.54, 1.807) is 6.92 Å². The zero-order valence-electron chi connectivity index (χ0n) is 13.2. The fourth-order valence-corrected chi connectivity index (χ4v) is 2.74. The summed E-state index contributed by atoms with van der Waals surface area (Å²) >= 11 is 1.51. The van der Waals surface area contributed by atoms with Crippen LogP contribution in [0.2, 0.25) is 0 Å². The molecule has 0 fully saturated rings. The van der Waals surface area contributed by atoms with E-state index in [1.807, 2.05) is 31.2 Å². The van der Waals surface area contributed by atoms with Crippen LogP contribution >= 0.6 is 24.2 Å². The number of nitrogens with zero attached hydrogens (tertiary/aromatic N) is 2. The number of halogens is 1. The van der Waals surface area contributed by atoms with Crippen molar-refractivity contribution in [3.05, 3.63) is 41.5 Å². The van der Waals surface area contributed by atoms with Crippen LogP contribution in [0, 0.1) is 6.92 Å². The standard InChI is InChI=1S/C15H20N4O2S.ClH/c1-3-16-8-9-17-15(20)12-6-4-5-7-13(12)22-10-14-18-11(2)19-21-14;/h4-7,16H,3,8-10H2,1-2H3,(H,17,20);1H. The predicted molar refractivity (Wildman–Crippen MR) is 93.2 cm³/mol. The monoisotopic (exact) mass is 356 g/mol. The molecule has 0 atom stereocenters. The van der Waals surface area contributed by atoms with Crippen molar-refractivity contribution in [2.24, 2.45) is 0 Å². The van der Waals surface area contributed by atoms with E-state index in [9.17, 15) is 4.79 Å². The SMILES string of the molecule is CCNCCNC(=O)c1ccccc1SCc1nc(C)no1.Cl. The van der Waals surface area contributed by atoms with Crippen molar-refractivity contribution in [1.29, 1.82) is 0 Å². The third kappa shape index (κ3) is 6.21. The number of benzene rings is 1. The number of aromatic nitrogens is 2. The average Bonchev–Trinajstić information content (AvgIpc) is 2.95. The van der Waals surface area contributed by atoms with Crippen LogP contribution in [0.4, 0.5) is 0 Å². The van der Waals surface area contributed by atoms with Crippen LogP contribution in [0.5, 0.6) is 0 Å². The molecule has 0 saturated carbocycles. The first-order valence-electron chi connectivity index (χ1n) is 7.20. The van der Waals surface area contributed by atoms with Gasteiger partial charge < -0.3 is 15.2 Å². The van der Waals surface area contributed by atoms with E-state index in [2.05, 4.69) is 20.8 Å². The van der Waals surface area contributed by atoms with Crippen LogP contribution in [-0.4, -0.2) is 35.7 Å². The van der Waals surface area contributed by atoms with Gasteiger partial charge in [-0.15, -0.1) is 24.2 Å². The van der Waals surface area contributed by atoms with Gasteiger partial charge in [-0.05, 0) is 25.6 Å². The molecule has 1 heterocycles. The lowest BCUT2D eigenvalue weighted by Gasteiger charge is -2.09. The summed E-state index contributed by atoms with van der Waals surface area (Å²) in [7, 11) is 0. The molecule has 126 valence electrons. The molecular formula is C15H21ClN4O2S. The maximum absolute atomic E-state index is 12.2. The number of amides is 1. The van der Waals surface area contributed by atoms with Gasteiger partial charge in [0.1, 0.15) is 0 Å². The maximum atomic E-state index is 12.2. The van der Waals surface area contributed by atoms with Gasteiger partial charge in [0, 0.05) is 18.0 Å². The number of thioether (sulfide) groups is 1. The predicted octanol–water partition coefficient (Wildman–Crippen LogP) is 2.43. The molecule has 23 heavy (non-hydrogen) atoms. The fourth-order valence-electron chi connectivity index (χ4n) is 1.85. The summed E-state index contributed by atoms with van der Waals surface area (Å²) in [5.41, 5.74) is 0.667. The highest BCUT2D eigenvalue weighted by molar-refractivity contribution is 7.98. The number of aryl methyl sites for hydroxylation is 1. The van der Waals surface area contributed by atoms with Gasteiger partial charge in [0.05, 0.1) is 11.3 Å². The Bertz CT molecular complexity index is 621. The Morgan fingerprint density at radius 2 is 2.09 bits per heavy atom. The lowest BCUT2D eigenvalue weighted by Crippen LogP contribution is -2.31. The quantitative estimate of drug-likeness (QED) is 0.558. The van der Waals surface area contributed by atoms with Gasteiger partial charge in [-0.2, -0.15) is 4.98 Å². The molecule has 1 aromatic carbocycles. The Morgan fingerprint density at radius 3 is 2.78 bits per heavy atom.